The first-order chi connectivity index (χ1) is 11.8. The lowest BCUT2D eigenvalue weighted by Gasteiger charge is -2.07. The Morgan fingerprint density at radius 1 is 1.04 bits per heavy atom. The van der Waals surface area contributed by atoms with Crippen LogP contribution >= 0.6 is 0 Å². The van der Waals surface area contributed by atoms with Crippen molar-refractivity contribution in [1.29, 1.82) is 0 Å². The van der Waals surface area contributed by atoms with Gasteiger partial charge in [0.2, 0.25) is 0 Å². The van der Waals surface area contributed by atoms with Crippen molar-refractivity contribution in [2.24, 2.45) is 0 Å². The highest BCUT2D eigenvalue weighted by Gasteiger charge is 2.23. The number of nitrogens with zero attached hydrogens (tertiary/aromatic N) is 1. The molecule has 1 aliphatic rings. The first-order valence-electron chi connectivity index (χ1n) is 7.69. The molecule has 1 amide bonds. The molecule has 24 heavy (non-hydrogen) atoms. The standard InChI is InChI=1S/C20H14N2O2/c23-20-22-19(13-24-20)16-6-3-4-14(12-16)8-10-17-11-9-15-5-1-2-7-18(15)21-17/h1-7,9,11-12,19H,13H2,(H,22,23)/t19-/m0/s1. The van der Waals surface area contributed by atoms with Gasteiger partial charge in [-0.1, -0.05) is 42.3 Å². The molecule has 4 rings (SSSR count). The molecular formula is C20H14N2O2. The van der Waals surface area contributed by atoms with E-state index in [1.54, 1.807) is 0 Å². The van der Waals surface area contributed by atoms with Gasteiger partial charge < -0.3 is 10.1 Å². The number of aromatic nitrogens is 1. The van der Waals surface area contributed by atoms with Crippen molar-refractivity contribution in [3.63, 3.8) is 0 Å². The highest BCUT2D eigenvalue weighted by atomic mass is 16.6. The second-order valence-corrected chi connectivity index (χ2v) is 5.56. The van der Waals surface area contributed by atoms with E-state index < -0.39 is 0 Å². The third kappa shape index (κ3) is 2.92. The lowest BCUT2D eigenvalue weighted by atomic mass is 10.1. The summed E-state index contributed by atoms with van der Waals surface area (Å²) in [7, 11) is 0. The van der Waals surface area contributed by atoms with Crippen molar-refractivity contribution >= 4 is 17.0 Å². The molecule has 1 fully saturated rings. The van der Waals surface area contributed by atoms with Crippen LogP contribution in [-0.4, -0.2) is 17.7 Å². The number of carbonyl (C=O) groups excluding carboxylic acids is 1. The van der Waals surface area contributed by atoms with Crippen molar-refractivity contribution in [2.45, 2.75) is 6.04 Å². The van der Waals surface area contributed by atoms with Crippen LogP contribution in [0.2, 0.25) is 0 Å². The van der Waals surface area contributed by atoms with Crippen LogP contribution in [0.15, 0.2) is 60.7 Å². The molecule has 4 nitrogen and oxygen atoms in total. The number of ether oxygens (including phenoxy) is 1. The van der Waals surface area contributed by atoms with Gasteiger partial charge in [0.25, 0.3) is 0 Å². The third-order valence-corrected chi connectivity index (χ3v) is 3.90. The molecule has 0 aliphatic carbocycles. The van der Waals surface area contributed by atoms with Crippen molar-refractivity contribution in [2.75, 3.05) is 6.61 Å². The normalized spacial score (nSPS) is 16.2. The molecule has 4 heteroatoms. The quantitative estimate of drug-likeness (QED) is 0.700. The third-order valence-electron chi connectivity index (χ3n) is 3.90. The van der Waals surface area contributed by atoms with E-state index in [4.69, 9.17) is 4.74 Å². The van der Waals surface area contributed by atoms with E-state index in [1.807, 2.05) is 60.7 Å². The number of alkyl carbamates (subject to hydrolysis) is 1. The zero-order chi connectivity index (χ0) is 16.4. The van der Waals surface area contributed by atoms with E-state index in [9.17, 15) is 4.79 Å². The van der Waals surface area contributed by atoms with Crippen LogP contribution in [0.3, 0.4) is 0 Å². The fourth-order valence-corrected chi connectivity index (χ4v) is 2.67. The summed E-state index contributed by atoms with van der Waals surface area (Å²) in [5.41, 5.74) is 3.53. The van der Waals surface area contributed by atoms with Gasteiger partial charge in [0, 0.05) is 10.9 Å². The largest absolute Gasteiger partial charge is 0.447 e. The summed E-state index contributed by atoms with van der Waals surface area (Å²) in [5, 5.41) is 3.87. The SMILES string of the molecule is O=C1N[C@H](c2cccc(C#Cc3ccc4ccccc4n3)c2)CO1. The monoisotopic (exact) mass is 314 g/mol. The highest BCUT2D eigenvalue weighted by Crippen LogP contribution is 2.19. The second kappa shape index (κ2) is 6.05. The molecule has 0 saturated carbocycles. The van der Waals surface area contributed by atoms with Gasteiger partial charge in [-0.3, -0.25) is 0 Å². The highest BCUT2D eigenvalue weighted by molar-refractivity contribution is 5.78. The fourth-order valence-electron chi connectivity index (χ4n) is 2.67. The Morgan fingerprint density at radius 2 is 1.96 bits per heavy atom. The van der Waals surface area contributed by atoms with Gasteiger partial charge in [-0.25, -0.2) is 9.78 Å². The number of amides is 1. The smallest absolute Gasteiger partial charge is 0.407 e. The molecule has 1 atom stereocenters. The van der Waals surface area contributed by atoms with Gasteiger partial charge >= 0.3 is 6.09 Å². The Kier molecular flexibility index (Phi) is 3.60. The first kappa shape index (κ1) is 14.3. The number of rotatable bonds is 1. The lowest BCUT2D eigenvalue weighted by molar-refractivity contribution is 0.177. The minimum atomic E-state index is -0.378. The van der Waals surface area contributed by atoms with Crippen LogP contribution in [0, 0.1) is 11.8 Å². The number of hydrogen-bond donors (Lipinski definition) is 1. The summed E-state index contributed by atoms with van der Waals surface area (Å²) < 4.78 is 4.93. The molecule has 0 bridgehead atoms. The molecule has 0 spiro atoms. The Balaban J connectivity index is 1.61. The van der Waals surface area contributed by atoms with Gasteiger partial charge in [-0.2, -0.15) is 0 Å². The Morgan fingerprint density at radius 3 is 2.83 bits per heavy atom. The Hall–Kier alpha value is -3.32. The number of nitrogens with one attached hydrogen (secondary N) is 1. The summed E-state index contributed by atoms with van der Waals surface area (Å²) in [4.78, 5) is 15.7. The zero-order valence-electron chi connectivity index (χ0n) is 12.8. The van der Waals surface area contributed by atoms with E-state index in [0.29, 0.717) is 6.61 Å². The van der Waals surface area contributed by atoms with Crippen LogP contribution in [0.4, 0.5) is 4.79 Å². The van der Waals surface area contributed by atoms with Crippen molar-refractivity contribution in [3.05, 3.63) is 77.5 Å². The molecule has 1 saturated heterocycles. The van der Waals surface area contributed by atoms with E-state index in [0.717, 1.165) is 27.7 Å². The van der Waals surface area contributed by atoms with Crippen LogP contribution in [0.5, 0.6) is 0 Å². The topological polar surface area (TPSA) is 51.2 Å². The van der Waals surface area contributed by atoms with Gasteiger partial charge in [-0.15, -0.1) is 0 Å². The number of pyridine rings is 1. The van der Waals surface area contributed by atoms with Crippen LogP contribution in [0.25, 0.3) is 10.9 Å². The van der Waals surface area contributed by atoms with Crippen LogP contribution in [-0.2, 0) is 4.74 Å². The molecule has 3 aromatic rings. The number of cyclic esters (lactones) is 1. The summed E-state index contributed by atoms with van der Waals surface area (Å²) in [6.07, 6.45) is -0.378. The molecular weight excluding hydrogens is 300 g/mol. The lowest BCUT2D eigenvalue weighted by Crippen LogP contribution is -2.18. The average molecular weight is 314 g/mol. The number of carbonyl (C=O) groups is 1. The second-order valence-electron chi connectivity index (χ2n) is 5.56. The van der Waals surface area contributed by atoms with E-state index in [-0.39, 0.29) is 12.1 Å². The number of para-hydroxylation sites is 1. The fraction of sp³-hybridized carbons (Fsp3) is 0.100. The van der Waals surface area contributed by atoms with Crippen molar-refractivity contribution < 1.29 is 9.53 Å². The number of hydrogen-bond acceptors (Lipinski definition) is 3. The summed E-state index contributed by atoms with van der Waals surface area (Å²) in [5.74, 6) is 6.23. The van der Waals surface area contributed by atoms with Crippen LogP contribution < -0.4 is 5.32 Å². The minimum Gasteiger partial charge on any atom is -0.447 e. The minimum absolute atomic E-state index is 0.113. The Bertz CT molecular complexity index is 985. The van der Waals surface area contributed by atoms with E-state index in [2.05, 4.69) is 22.1 Å². The van der Waals surface area contributed by atoms with Gasteiger partial charge in [0.1, 0.15) is 12.3 Å². The number of fused-ring (bicyclic) bond motifs is 1. The van der Waals surface area contributed by atoms with E-state index in [1.165, 1.54) is 0 Å². The molecule has 0 radical (unpaired) electrons. The number of benzene rings is 2. The molecule has 2 heterocycles. The van der Waals surface area contributed by atoms with E-state index >= 15 is 0 Å². The summed E-state index contributed by atoms with van der Waals surface area (Å²) in [6, 6.07) is 19.6. The molecule has 1 aliphatic heterocycles. The molecule has 1 aromatic heterocycles. The Labute approximate surface area is 139 Å². The predicted molar refractivity (Wildman–Crippen MR) is 91.4 cm³/mol. The molecule has 2 aromatic carbocycles. The maximum Gasteiger partial charge on any atom is 0.407 e. The predicted octanol–water partition coefficient (Wildman–Crippen LogP) is 3.42. The van der Waals surface area contributed by atoms with Gasteiger partial charge in [0.05, 0.1) is 11.6 Å². The maximum atomic E-state index is 11.2. The first-order valence-corrected chi connectivity index (χ1v) is 7.69. The van der Waals surface area contributed by atoms with Crippen LogP contribution in [0.1, 0.15) is 22.9 Å². The molecule has 1 N–H and O–H groups in total. The van der Waals surface area contributed by atoms with Crippen molar-refractivity contribution in [3.8, 4) is 11.8 Å². The molecule has 116 valence electrons. The molecule has 0 unspecified atom stereocenters. The summed E-state index contributed by atoms with van der Waals surface area (Å²) in [6.45, 7) is 0.349. The summed E-state index contributed by atoms with van der Waals surface area (Å²) >= 11 is 0. The van der Waals surface area contributed by atoms with Gasteiger partial charge in [0.15, 0.2) is 0 Å². The zero-order valence-corrected chi connectivity index (χ0v) is 12.8. The maximum absolute atomic E-state index is 11.2. The van der Waals surface area contributed by atoms with Crippen molar-refractivity contribution in [1.82, 2.24) is 10.3 Å². The van der Waals surface area contributed by atoms with Gasteiger partial charge in [-0.05, 0) is 35.7 Å². The average Bonchev–Trinajstić information content (AvgIpc) is 3.06.